The van der Waals surface area contributed by atoms with E-state index in [1.165, 1.54) is 0 Å². The van der Waals surface area contributed by atoms with Crippen molar-refractivity contribution in [2.24, 2.45) is 0 Å². The summed E-state index contributed by atoms with van der Waals surface area (Å²) in [6.07, 6.45) is 1.37. The van der Waals surface area contributed by atoms with Crippen molar-refractivity contribution >= 4 is 0 Å². The Hall–Kier alpha value is -0.870. The zero-order chi connectivity index (χ0) is 8.55. The van der Waals surface area contributed by atoms with Crippen molar-refractivity contribution in [3.05, 3.63) is 17.7 Å². The predicted molar refractivity (Wildman–Crippen MR) is 44.6 cm³/mol. The SMILES string of the molecule is C[C@H](O)c1ncc2n1CCNC2. The Balaban J connectivity index is 2.38. The number of imidazole rings is 1. The molecule has 1 aliphatic rings. The highest BCUT2D eigenvalue weighted by molar-refractivity contribution is 5.08. The summed E-state index contributed by atoms with van der Waals surface area (Å²) in [5.41, 5.74) is 1.16. The summed E-state index contributed by atoms with van der Waals surface area (Å²) in [6, 6.07) is 0. The summed E-state index contributed by atoms with van der Waals surface area (Å²) in [7, 11) is 0. The molecule has 0 saturated carbocycles. The molecule has 4 heteroatoms. The maximum Gasteiger partial charge on any atom is 0.137 e. The lowest BCUT2D eigenvalue weighted by Gasteiger charge is -2.18. The van der Waals surface area contributed by atoms with Crippen LogP contribution in [0.25, 0.3) is 0 Å². The zero-order valence-corrected chi connectivity index (χ0v) is 7.12. The van der Waals surface area contributed by atoms with Crippen LogP contribution in [0.2, 0.25) is 0 Å². The first-order valence-electron chi connectivity index (χ1n) is 4.22. The lowest BCUT2D eigenvalue weighted by molar-refractivity contribution is 0.182. The second kappa shape index (κ2) is 2.88. The van der Waals surface area contributed by atoms with E-state index in [0.29, 0.717) is 0 Å². The topological polar surface area (TPSA) is 50.1 Å². The van der Waals surface area contributed by atoms with Gasteiger partial charge in [-0.1, -0.05) is 0 Å². The number of aromatic nitrogens is 2. The van der Waals surface area contributed by atoms with Gasteiger partial charge in [-0.15, -0.1) is 0 Å². The lowest BCUT2D eigenvalue weighted by Crippen LogP contribution is -2.28. The Morgan fingerprint density at radius 1 is 1.75 bits per heavy atom. The van der Waals surface area contributed by atoms with Crippen LogP contribution in [0, 0.1) is 0 Å². The van der Waals surface area contributed by atoms with Gasteiger partial charge in [-0.3, -0.25) is 0 Å². The maximum atomic E-state index is 9.36. The molecule has 12 heavy (non-hydrogen) atoms. The normalized spacial score (nSPS) is 18.8. The summed E-state index contributed by atoms with van der Waals surface area (Å²) in [5.74, 6) is 0.784. The summed E-state index contributed by atoms with van der Waals surface area (Å²) in [4.78, 5) is 4.17. The molecule has 1 atom stereocenters. The highest BCUT2D eigenvalue weighted by Gasteiger charge is 2.15. The average molecular weight is 167 g/mol. The molecular weight excluding hydrogens is 154 g/mol. The summed E-state index contributed by atoms with van der Waals surface area (Å²) >= 11 is 0. The molecule has 0 bridgehead atoms. The van der Waals surface area contributed by atoms with Gasteiger partial charge in [-0.25, -0.2) is 4.98 Å². The van der Waals surface area contributed by atoms with Crippen LogP contribution in [0.5, 0.6) is 0 Å². The van der Waals surface area contributed by atoms with Gasteiger partial charge in [0.15, 0.2) is 0 Å². The number of nitrogens with one attached hydrogen (secondary N) is 1. The van der Waals surface area contributed by atoms with Crippen LogP contribution in [-0.4, -0.2) is 21.2 Å². The maximum absolute atomic E-state index is 9.36. The van der Waals surface area contributed by atoms with Crippen LogP contribution in [0.4, 0.5) is 0 Å². The van der Waals surface area contributed by atoms with Crippen LogP contribution in [0.15, 0.2) is 6.20 Å². The van der Waals surface area contributed by atoms with Crippen molar-refractivity contribution in [1.29, 1.82) is 0 Å². The van der Waals surface area contributed by atoms with E-state index in [9.17, 15) is 5.11 Å². The number of hydrogen-bond donors (Lipinski definition) is 2. The third kappa shape index (κ3) is 1.13. The van der Waals surface area contributed by atoms with Gasteiger partial charge in [0, 0.05) is 25.8 Å². The number of nitrogens with zero attached hydrogens (tertiary/aromatic N) is 2. The van der Waals surface area contributed by atoms with Crippen LogP contribution in [0.3, 0.4) is 0 Å². The van der Waals surface area contributed by atoms with Crippen LogP contribution in [-0.2, 0) is 13.1 Å². The van der Waals surface area contributed by atoms with E-state index in [-0.39, 0.29) is 0 Å². The van der Waals surface area contributed by atoms with Crippen molar-refractivity contribution in [2.45, 2.75) is 26.1 Å². The Morgan fingerprint density at radius 3 is 3.33 bits per heavy atom. The van der Waals surface area contributed by atoms with E-state index < -0.39 is 6.10 Å². The molecule has 0 saturated heterocycles. The molecule has 2 N–H and O–H groups in total. The molecule has 0 spiro atoms. The lowest BCUT2D eigenvalue weighted by atomic mass is 10.3. The second-order valence-corrected chi connectivity index (χ2v) is 3.11. The summed E-state index contributed by atoms with van der Waals surface area (Å²) < 4.78 is 2.08. The fraction of sp³-hybridized carbons (Fsp3) is 0.625. The molecule has 0 fully saturated rings. The Kier molecular flexibility index (Phi) is 1.86. The van der Waals surface area contributed by atoms with Gasteiger partial charge >= 0.3 is 0 Å². The van der Waals surface area contributed by atoms with Gasteiger partial charge in [0.25, 0.3) is 0 Å². The van der Waals surface area contributed by atoms with Crippen LogP contribution < -0.4 is 5.32 Å². The van der Waals surface area contributed by atoms with E-state index in [1.54, 1.807) is 6.92 Å². The Morgan fingerprint density at radius 2 is 2.58 bits per heavy atom. The van der Waals surface area contributed by atoms with Crippen LogP contribution >= 0.6 is 0 Å². The van der Waals surface area contributed by atoms with Crippen molar-refractivity contribution in [2.75, 3.05) is 6.54 Å². The highest BCUT2D eigenvalue weighted by Crippen LogP contribution is 2.14. The van der Waals surface area contributed by atoms with E-state index in [1.807, 2.05) is 6.20 Å². The number of aliphatic hydroxyl groups is 1. The molecular formula is C8H13N3O. The standard InChI is InChI=1S/C8H13N3O/c1-6(12)8-10-5-7-4-9-2-3-11(7)8/h5-6,9,12H,2-4H2,1H3/t6-/m0/s1. The van der Waals surface area contributed by atoms with Crippen molar-refractivity contribution < 1.29 is 5.11 Å². The van der Waals surface area contributed by atoms with Gasteiger partial charge < -0.3 is 15.0 Å². The van der Waals surface area contributed by atoms with Crippen molar-refractivity contribution in [3.63, 3.8) is 0 Å². The Labute approximate surface area is 71.2 Å². The third-order valence-corrected chi connectivity index (χ3v) is 2.16. The smallest absolute Gasteiger partial charge is 0.137 e. The van der Waals surface area contributed by atoms with Crippen LogP contribution in [0.1, 0.15) is 24.5 Å². The molecule has 1 aromatic heterocycles. The molecule has 0 aromatic carbocycles. The van der Waals surface area contributed by atoms with Gasteiger partial charge in [0.1, 0.15) is 11.9 Å². The minimum Gasteiger partial charge on any atom is -0.385 e. The molecule has 2 rings (SSSR count). The van der Waals surface area contributed by atoms with Crippen molar-refractivity contribution in [3.8, 4) is 0 Å². The second-order valence-electron chi connectivity index (χ2n) is 3.11. The Bertz CT molecular complexity index is 280. The average Bonchev–Trinajstić information content (AvgIpc) is 2.47. The monoisotopic (exact) mass is 167 g/mol. The van der Waals surface area contributed by atoms with Gasteiger partial charge in [-0.05, 0) is 6.92 Å². The molecule has 2 heterocycles. The van der Waals surface area contributed by atoms with E-state index in [4.69, 9.17) is 0 Å². The molecule has 1 aliphatic heterocycles. The molecule has 66 valence electrons. The molecule has 0 radical (unpaired) electrons. The van der Waals surface area contributed by atoms with E-state index in [0.717, 1.165) is 31.2 Å². The number of rotatable bonds is 1. The van der Waals surface area contributed by atoms with Crippen molar-refractivity contribution in [1.82, 2.24) is 14.9 Å². The zero-order valence-electron chi connectivity index (χ0n) is 7.12. The summed E-state index contributed by atoms with van der Waals surface area (Å²) in [6.45, 7) is 4.48. The fourth-order valence-corrected chi connectivity index (χ4v) is 1.57. The van der Waals surface area contributed by atoms with E-state index >= 15 is 0 Å². The fourth-order valence-electron chi connectivity index (χ4n) is 1.57. The van der Waals surface area contributed by atoms with Gasteiger partial charge in [-0.2, -0.15) is 0 Å². The number of hydrogen-bond acceptors (Lipinski definition) is 3. The quantitative estimate of drug-likeness (QED) is 0.621. The largest absolute Gasteiger partial charge is 0.385 e. The molecule has 1 aromatic rings. The third-order valence-electron chi connectivity index (χ3n) is 2.16. The summed E-state index contributed by atoms with van der Waals surface area (Å²) in [5, 5.41) is 12.6. The molecule has 0 aliphatic carbocycles. The number of aliphatic hydroxyl groups excluding tert-OH is 1. The van der Waals surface area contributed by atoms with E-state index in [2.05, 4.69) is 14.9 Å². The first-order chi connectivity index (χ1) is 5.79. The molecule has 0 amide bonds. The van der Waals surface area contributed by atoms with Gasteiger partial charge in [0.05, 0.1) is 5.69 Å². The predicted octanol–water partition coefficient (Wildman–Crippen LogP) is 0.0396. The first kappa shape index (κ1) is 7.76. The minimum absolute atomic E-state index is 0.461. The first-order valence-corrected chi connectivity index (χ1v) is 4.22. The highest BCUT2D eigenvalue weighted by atomic mass is 16.3. The molecule has 0 unspecified atom stereocenters. The minimum atomic E-state index is -0.461. The number of fused-ring (bicyclic) bond motifs is 1. The van der Waals surface area contributed by atoms with Gasteiger partial charge in [0.2, 0.25) is 0 Å². The molecule has 4 nitrogen and oxygen atoms in total.